The Hall–Kier alpha value is -2.99. The van der Waals surface area contributed by atoms with Crippen LogP contribution in [0.25, 0.3) is 0 Å². The minimum absolute atomic E-state index is 0.0677. The average Bonchev–Trinajstić information content (AvgIpc) is 2.81. The van der Waals surface area contributed by atoms with Gasteiger partial charge in [0.25, 0.3) is 0 Å². The fourth-order valence-corrected chi connectivity index (χ4v) is 3.35. The predicted molar refractivity (Wildman–Crippen MR) is 103 cm³/mol. The SMILES string of the molecule is C=[N+]1/C(=C\C=C2C=CC(=[N+](C)CC#N)C=C2)C(C)(C)c2ccccc21. The predicted octanol–water partition coefficient (Wildman–Crippen LogP) is 3.87. The number of fused-ring (bicyclic) bond motifs is 1. The van der Waals surface area contributed by atoms with Crippen molar-refractivity contribution in [2.75, 3.05) is 13.6 Å². The third-order valence-corrected chi connectivity index (χ3v) is 4.87. The Balaban J connectivity index is 1.89. The summed E-state index contributed by atoms with van der Waals surface area (Å²) >= 11 is 0. The second-order valence-corrected chi connectivity index (χ2v) is 6.89. The summed E-state index contributed by atoms with van der Waals surface area (Å²) in [4.78, 5) is 0. The molecule has 25 heavy (non-hydrogen) atoms. The van der Waals surface area contributed by atoms with Crippen LogP contribution in [0.1, 0.15) is 19.4 Å². The topological polar surface area (TPSA) is 29.8 Å². The van der Waals surface area contributed by atoms with Crippen molar-refractivity contribution in [2.24, 2.45) is 0 Å². The first-order chi connectivity index (χ1) is 11.9. The summed E-state index contributed by atoms with van der Waals surface area (Å²) in [7, 11) is 1.92. The van der Waals surface area contributed by atoms with Gasteiger partial charge in [-0.1, -0.05) is 18.2 Å². The third kappa shape index (κ3) is 3.04. The quantitative estimate of drug-likeness (QED) is 0.598. The molecular formula is C22H23N3+2. The van der Waals surface area contributed by atoms with E-state index < -0.39 is 0 Å². The molecule has 0 atom stereocenters. The fourth-order valence-electron chi connectivity index (χ4n) is 3.35. The van der Waals surface area contributed by atoms with Gasteiger partial charge in [0.15, 0.2) is 5.70 Å². The molecule has 0 saturated carbocycles. The van der Waals surface area contributed by atoms with Crippen LogP contribution in [0, 0.1) is 11.3 Å². The van der Waals surface area contributed by atoms with Crippen LogP contribution >= 0.6 is 0 Å². The van der Waals surface area contributed by atoms with Crippen LogP contribution in [0.2, 0.25) is 0 Å². The molecule has 3 nitrogen and oxygen atoms in total. The molecule has 1 aliphatic heterocycles. The van der Waals surface area contributed by atoms with Crippen LogP contribution in [0.5, 0.6) is 0 Å². The van der Waals surface area contributed by atoms with E-state index in [-0.39, 0.29) is 5.41 Å². The average molecular weight is 329 g/mol. The molecule has 1 heterocycles. The highest BCUT2D eigenvalue weighted by Gasteiger charge is 2.44. The molecule has 1 aliphatic carbocycles. The summed E-state index contributed by atoms with van der Waals surface area (Å²) in [5.41, 5.74) is 5.75. The van der Waals surface area contributed by atoms with Gasteiger partial charge in [0.1, 0.15) is 19.8 Å². The number of hydrogen-bond acceptors (Lipinski definition) is 1. The van der Waals surface area contributed by atoms with Crippen LogP contribution in [0.15, 0.2) is 72.0 Å². The molecule has 0 N–H and O–H groups in total. The maximum atomic E-state index is 8.79. The third-order valence-electron chi connectivity index (χ3n) is 4.87. The number of nitrogens with zero attached hydrogens (tertiary/aromatic N) is 3. The van der Waals surface area contributed by atoms with Gasteiger partial charge < -0.3 is 0 Å². The second-order valence-electron chi connectivity index (χ2n) is 6.89. The Labute approximate surface area is 149 Å². The molecule has 124 valence electrons. The van der Waals surface area contributed by atoms with E-state index in [4.69, 9.17) is 5.26 Å². The van der Waals surface area contributed by atoms with Crippen LogP contribution in [-0.2, 0) is 5.41 Å². The number of allylic oxidation sites excluding steroid dienone is 8. The monoisotopic (exact) mass is 329 g/mol. The molecule has 1 aromatic carbocycles. The van der Waals surface area contributed by atoms with E-state index in [0.29, 0.717) is 6.54 Å². The Kier molecular flexibility index (Phi) is 4.37. The summed E-state index contributed by atoms with van der Waals surface area (Å²) in [6, 6.07) is 10.6. The number of nitriles is 1. The molecule has 0 amide bonds. The molecule has 0 saturated heterocycles. The second kappa shape index (κ2) is 6.49. The molecule has 3 heteroatoms. The summed E-state index contributed by atoms with van der Waals surface area (Å²) in [6.07, 6.45) is 12.5. The fraction of sp³-hybridized carbons (Fsp3) is 0.227. The zero-order valence-corrected chi connectivity index (χ0v) is 15.0. The molecule has 0 aromatic heterocycles. The van der Waals surface area contributed by atoms with E-state index in [1.807, 2.05) is 28.4 Å². The van der Waals surface area contributed by atoms with Gasteiger partial charge in [-0.05, 0) is 37.6 Å². The summed E-state index contributed by atoms with van der Waals surface area (Å²) in [5, 5.41) is 8.79. The highest BCUT2D eigenvalue weighted by atomic mass is 15.1. The van der Waals surface area contributed by atoms with Crippen molar-refractivity contribution < 1.29 is 9.15 Å². The van der Waals surface area contributed by atoms with E-state index >= 15 is 0 Å². The van der Waals surface area contributed by atoms with Gasteiger partial charge in [-0.15, -0.1) is 0 Å². The zero-order valence-electron chi connectivity index (χ0n) is 15.0. The Bertz CT molecular complexity index is 910. The number of rotatable bonds is 2. The molecule has 1 aromatic rings. The van der Waals surface area contributed by atoms with Crippen molar-refractivity contribution in [1.29, 1.82) is 5.26 Å². The van der Waals surface area contributed by atoms with E-state index in [2.05, 4.69) is 75.2 Å². The lowest BCUT2D eigenvalue weighted by molar-refractivity contribution is -0.482. The van der Waals surface area contributed by atoms with Gasteiger partial charge in [-0.3, -0.25) is 0 Å². The van der Waals surface area contributed by atoms with Crippen LogP contribution in [-0.4, -0.2) is 35.2 Å². The molecule has 0 bridgehead atoms. The van der Waals surface area contributed by atoms with E-state index in [1.54, 1.807) is 0 Å². The van der Waals surface area contributed by atoms with Crippen molar-refractivity contribution in [3.05, 3.63) is 77.6 Å². The van der Waals surface area contributed by atoms with Gasteiger partial charge in [0.05, 0.1) is 5.41 Å². The lowest BCUT2D eigenvalue weighted by Gasteiger charge is -2.14. The lowest BCUT2D eigenvalue weighted by Crippen LogP contribution is -2.17. The maximum Gasteiger partial charge on any atom is 0.228 e. The molecule has 2 aliphatic rings. The van der Waals surface area contributed by atoms with Crippen molar-refractivity contribution in [2.45, 2.75) is 19.3 Å². The zero-order chi connectivity index (χ0) is 18.0. The van der Waals surface area contributed by atoms with Crippen molar-refractivity contribution >= 4 is 18.1 Å². The molecule has 3 rings (SSSR count). The number of hydrogen-bond donors (Lipinski definition) is 0. The summed E-state index contributed by atoms with van der Waals surface area (Å²) in [5.74, 6) is 0. The first-order valence-corrected chi connectivity index (χ1v) is 8.39. The van der Waals surface area contributed by atoms with Crippen LogP contribution in [0.4, 0.5) is 5.69 Å². The van der Waals surface area contributed by atoms with E-state index in [9.17, 15) is 0 Å². The van der Waals surface area contributed by atoms with Gasteiger partial charge in [0.2, 0.25) is 17.9 Å². The Morgan fingerprint density at radius 3 is 2.48 bits per heavy atom. The normalized spacial score (nSPS) is 19.1. The molecule has 0 radical (unpaired) electrons. The molecule has 0 spiro atoms. The standard InChI is InChI=1S/C22H23N3/c1-22(2)19-7-5-6-8-20(19)25(4)21(22)14-11-17-9-12-18(13-10-17)24(3)16-15-23/h5-14H,4,16H2,1-3H3/q+2/b17-11?,21-14-,24-18?. The summed E-state index contributed by atoms with van der Waals surface area (Å²) in [6.45, 7) is 9.08. The van der Waals surface area contributed by atoms with Gasteiger partial charge in [0, 0.05) is 29.9 Å². The van der Waals surface area contributed by atoms with E-state index in [1.165, 1.54) is 16.9 Å². The van der Waals surface area contributed by atoms with Crippen molar-refractivity contribution in [3.63, 3.8) is 0 Å². The first kappa shape index (κ1) is 16.9. The molecular weight excluding hydrogens is 306 g/mol. The highest BCUT2D eigenvalue weighted by Crippen LogP contribution is 2.45. The minimum atomic E-state index is -0.0677. The smallest absolute Gasteiger partial charge is 0.219 e. The van der Waals surface area contributed by atoms with Crippen LogP contribution in [0.3, 0.4) is 0 Å². The number of benzene rings is 1. The number of para-hydroxylation sites is 1. The first-order valence-electron chi connectivity index (χ1n) is 8.39. The van der Waals surface area contributed by atoms with Gasteiger partial charge in [-0.25, -0.2) is 4.58 Å². The van der Waals surface area contributed by atoms with Gasteiger partial charge >= 0.3 is 0 Å². The molecule has 0 fully saturated rings. The maximum absolute atomic E-state index is 8.79. The lowest BCUT2D eigenvalue weighted by atomic mass is 9.83. The Morgan fingerprint density at radius 2 is 1.84 bits per heavy atom. The van der Waals surface area contributed by atoms with Crippen molar-refractivity contribution in [3.8, 4) is 6.07 Å². The van der Waals surface area contributed by atoms with Crippen molar-refractivity contribution in [1.82, 2.24) is 0 Å². The van der Waals surface area contributed by atoms with Crippen LogP contribution < -0.4 is 0 Å². The van der Waals surface area contributed by atoms with Gasteiger partial charge in [-0.2, -0.15) is 9.84 Å². The molecule has 0 unspecified atom stereocenters. The summed E-state index contributed by atoms with van der Waals surface area (Å²) < 4.78 is 3.96. The minimum Gasteiger partial charge on any atom is -0.219 e. The largest absolute Gasteiger partial charge is 0.228 e. The van der Waals surface area contributed by atoms with E-state index in [0.717, 1.165) is 11.3 Å². The highest BCUT2D eigenvalue weighted by molar-refractivity contribution is 6.02. The Morgan fingerprint density at radius 1 is 1.16 bits per heavy atom.